The molecule has 0 bridgehead atoms. The van der Waals surface area contributed by atoms with Gasteiger partial charge < -0.3 is 15.8 Å². The van der Waals surface area contributed by atoms with Crippen LogP contribution in [0.1, 0.15) is 22.8 Å². The molecular formula is C22H19N3O5. The summed E-state index contributed by atoms with van der Waals surface area (Å²) in [6.45, 7) is 1.45. The molecule has 0 fully saturated rings. The van der Waals surface area contributed by atoms with Gasteiger partial charge in [-0.3, -0.25) is 19.7 Å². The molecule has 0 aliphatic heterocycles. The van der Waals surface area contributed by atoms with Crippen LogP contribution in [0.4, 0.5) is 11.4 Å². The molecule has 2 amide bonds. The van der Waals surface area contributed by atoms with E-state index < -0.39 is 16.7 Å². The topological polar surface area (TPSA) is 125 Å². The van der Waals surface area contributed by atoms with Gasteiger partial charge in [0.1, 0.15) is 12.4 Å². The average Bonchev–Trinajstić information content (AvgIpc) is 2.72. The van der Waals surface area contributed by atoms with Crippen LogP contribution >= 0.6 is 0 Å². The number of amides is 2. The number of carbonyl (C=O) groups excluding carboxylic acids is 2. The van der Waals surface area contributed by atoms with E-state index in [1.807, 2.05) is 30.3 Å². The highest BCUT2D eigenvalue weighted by Gasteiger charge is 2.25. The summed E-state index contributed by atoms with van der Waals surface area (Å²) in [6.07, 6.45) is 0. The van der Waals surface area contributed by atoms with E-state index in [-0.39, 0.29) is 40.4 Å². The van der Waals surface area contributed by atoms with Gasteiger partial charge in [-0.15, -0.1) is 0 Å². The lowest BCUT2D eigenvalue weighted by atomic mass is 9.96. The third-order valence-electron chi connectivity index (χ3n) is 4.34. The summed E-state index contributed by atoms with van der Waals surface area (Å²) >= 11 is 0. The Bertz CT molecular complexity index is 1110. The molecule has 3 aromatic rings. The van der Waals surface area contributed by atoms with E-state index in [0.29, 0.717) is 0 Å². The lowest BCUT2D eigenvalue weighted by molar-refractivity contribution is -0.384. The number of nitrogens with zero attached hydrogens (tertiary/aromatic N) is 1. The van der Waals surface area contributed by atoms with Crippen molar-refractivity contribution in [3.05, 3.63) is 88.0 Å². The predicted molar refractivity (Wildman–Crippen MR) is 112 cm³/mol. The van der Waals surface area contributed by atoms with Gasteiger partial charge in [-0.1, -0.05) is 42.5 Å². The number of hydrogen-bond acceptors (Lipinski definition) is 5. The summed E-state index contributed by atoms with van der Waals surface area (Å²) in [5.41, 5.74) is 6.66. The maximum atomic E-state index is 12.0. The molecule has 8 nitrogen and oxygen atoms in total. The zero-order valence-electron chi connectivity index (χ0n) is 16.1. The fraction of sp³-hybridized carbons (Fsp3) is 0.0909. The van der Waals surface area contributed by atoms with Crippen LogP contribution in [0.25, 0.3) is 11.1 Å². The number of nitrogens with two attached hydrogens (primary N) is 1. The largest absolute Gasteiger partial charge is 0.488 e. The van der Waals surface area contributed by atoms with Crippen LogP contribution in [-0.4, -0.2) is 16.7 Å². The summed E-state index contributed by atoms with van der Waals surface area (Å²) in [6, 6.07) is 18.3. The van der Waals surface area contributed by atoms with Gasteiger partial charge in [0, 0.05) is 13.0 Å². The fourth-order valence-corrected chi connectivity index (χ4v) is 3.06. The van der Waals surface area contributed by atoms with Gasteiger partial charge in [-0.25, -0.2) is 0 Å². The quantitative estimate of drug-likeness (QED) is 0.456. The molecule has 152 valence electrons. The molecule has 0 radical (unpaired) electrons. The van der Waals surface area contributed by atoms with E-state index in [9.17, 15) is 19.7 Å². The Morgan fingerprint density at radius 3 is 2.33 bits per heavy atom. The Morgan fingerprint density at radius 2 is 1.70 bits per heavy atom. The number of nitro benzene ring substituents is 1. The van der Waals surface area contributed by atoms with Crippen molar-refractivity contribution >= 4 is 23.2 Å². The Hall–Kier alpha value is -4.20. The molecular weight excluding hydrogens is 386 g/mol. The van der Waals surface area contributed by atoms with Crippen LogP contribution in [0.15, 0.2) is 66.7 Å². The summed E-state index contributed by atoms with van der Waals surface area (Å²) in [5, 5.41) is 14.2. The summed E-state index contributed by atoms with van der Waals surface area (Å²) < 4.78 is 5.94. The highest BCUT2D eigenvalue weighted by atomic mass is 16.6. The first-order valence-corrected chi connectivity index (χ1v) is 9.03. The van der Waals surface area contributed by atoms with Gasteiger partial charge in [0.25, 0.3) is 11.6 Å². The molecule has 0 aromatic heterocycles. The molecule has 0 aliphatic carbocycles. The Morgan fingerprint density at radius 1 is 1.03 bits per heavy atom. The van der Waals surface area contributed by atoms with Crippen molar-refractivity contribution in [2.75, 3.05) is 5.32 Å². The minimum absolute atomic E-state index is 0.0189. The van der Waals surface area contributed by atoms with E-state index in [2.05, 4.69) is 5.32 Å². The summed E-state index contributed by atoms with van der Waals surface area (Å²) in [7, 11) is 0. The van der Waals surface area contributed by atoms with E-state index in [1.165, 1.54) is 37.3 Å². The average molecular weight is 405 g/mol. The van der Waals surface area contributed by atoms with Gasteiger partial charge in [-0.2, -0.15) is 0 Å². The highest BCUT2D eigenvalue weighted by molar-refractivity contribution is 6.08. The lowest BCUT2D eigenvalue weighted by Gasteiger charge is -2.18. The molecule has 0 saturated carbocycles. The zero-order chi connectivity index (χ0) is 21.7. The predicted octanol–water partition coefficient (Wildman–Crippen LogP) is 3.90. The number of para-hydroxylation sites is 1. The zero-order valence-corrected chi connectivity index (χ0v) is 16.1. The first-order chi connectivity index (χ1) is 14.4. The molecule has 0 spiro atoms. The first-order valence-electron chi connectivity index (χ1n) is 9.03. The third-order valence-corrected chi connectivity index (χ3v) is 4.34. The van der Waals surface area contributed by atoms with Gasteiger partial charge in [0.15, 0.2) is 0 Å². The summed E-state index contributed by atoms with van der Waals surface area (Å²) in [4.78, 5) is 34.9. The number of primary amides is 1. The second-order valence-electron chi connectivity index (χ2n) is 6.46. The number of hydrogen-bond donors (Lipinski definition) is 2. The van der Waals surface area contributed by atoms with Crippen molar-refractivity contribution in [3.8, 4) is 16.9 Å². The molecule has 0 saturated heterocycles. The lowest BCUT2D eigenvalue weighted by Crippen LogP contribution is -2.18. The van der Waals surface area contributed by atoms with Crippen LogP contribution in [0, 0.1) is 10.1 Å². The summed E-state index contributed by atoms with van der Waals surface area (Å²) in [5.74, 6) is -0.979. The second kappa shape index (κ2) is 8.87. The number of nitro groups is 1. The van der Waals surface area contributed by atoms with E-state index in [0.717, 1.165) is 5.56 Å². The van der Waals surface area contributed by atoms with Crippen LogP contribution in [0.5, 0.6) is 5.75 Å². The monoisotopic (exact) mass is 405 g/mol. The molecule has 3 N–H and O–H groups in total. The second-order valence-corrected chi connectivity index (χ2v) is 6.46. The number of nitrogens with one attached hydrogen (secondary N) is 1. The number of rotatable bonds is 7. The minimum atomic E-state index is -0.784. The minimum Gasteiger partial charge on any atom is -0.488 e. The van der Waals surface area contributed by atoms with Gasteiger partial charge in [0.05, 0.1) is 27.3 Å². The number of ether oxygens (including phenoxy) is 1. The number of carbonyl (C=O) groups is 2. The van der Waals surface area contributed by atoms with Crippen LogP contribution in [0.2, 0.25) is 0 Å². The van der Waals surface area contributed by atoms with Gasteiger partial charge in [0.2, 0.25) is 5.91 Å². The van der Waals surface area contributed by atoms with Crippen molar-refractivity contribution in [2.45, 2.75) is 13.5 Å². The Kier molecular flexibility index (Phi) is 6.07. The number of benzene rings is 3. The maximum Gasteiger partial charge on any atom is 0.277 e. The molecule has 0 atom stereocenters. The van der Waals surface area contributed by atoms with E-state index >= 15 is 0 Å². The Labute approximate surface area is 172 Å². The Balaban J connectivity index is 2.23. The molecule has 0 unspecified atom stereocenters. The van der Waals surface area contributed by atoms with Crippen molar-refractivity contribution in [2.24, 2.45) is 5.73 Å². The van der Waals surface area contributed by atoms with E-state index in [1.54, 1.807) is 6.07 Å². The van der Waals surface area contributed by atoms with Crippen molar-refractivity contribution < 1.29 is 19.2 Å². The molecule has 3 rings (SSSR count). The fourth-order valence-electron chi connectivity index (χ4n) is 3.06. The molecule has 3 aromatic carbocycles. The van der Waals surface area contributed by atoms with Crippen molar-refractivity contribution in [3.63, 3.8) is 0 Å². The van der Waals surface area contributed by atoms with E-state index in [4.69, 9.17) is 10.5 Å². The van der Waals surface area contributed by atoms with Crippen molar-refractivity contribution in [1.29, 1.82) is 0 Å². The van der Waals surface area contributed by atoms with Crippen LogP contribution in [-0.2, 0) is 11.4 Å². The van der Waals surface area contributed by atoms with Gasteiger partial charge >= 0.3 is 0 Å². The third kappa shape index (κ3) is 4.44. The van der Waals surface area contributed by atoms with Crippen molar-refractivity contribution in [1.82, 2.24) is 0 Å². The first kappa shape index (κ1) is 20.5. The van der Waals surface area contributed by atoms with Crippen LogP contribution in [0.3, 0.4) is 0 Å². The number of anilines is 1. The van der Waals surface area contributed by atoms with Crippen LogP contribution < -0.4 is 15.8 Å². The standard InChI is InChI=1S/C22H19N3O5/c1-14(26)24-21-17(22(23)27)11-12-19(30-13-15-7-3-2-4-8-15)20(21)16-9-5-6-10-18(16)25(28)29/h2-12H,13H2,1H3,(H2,23,27)(H,24,26). The molecule has 0 heterocycles. The highest BCUT2D eigenvalue weighted by Crippen LogP contribution is 2.43. The maximum absolute atomic E-state index is 12.0. The molecule has 8 heteroatoms. The SMILES string of the molecule is CC(=O)Nc1c(C(N)=O)ccc(OCc2ccccc2)c1-c1ccccc1[N+](=O)[O-]. The van der Waals surface area contributed by atoms with Gasteiger partial charge in [-0.05, 0) is 23.8 Å². The molecule has 30 heavy (non-hydrogen) atoms. The smallest absolute Gasteiger partial charge is 0.277 e. The molecule has 0 aliphatic rings. The normalized spacial score (nSPS) is 10.3.